The van der Waals surface area contributed by atoms with Gasteiger partial charge in [0, 0.05) is 5.92 Å². The molecule has 1 fully saturated rings. The first kappa shape index (κ1) is 17.3. The fraction of sp³-hybridized carbons (Fsp3) is 0.750. The van der Waals surface area contributed by atoms with Crippen LogP contribution in [-0.4, -0.2) is 40.3 Å². The Kier molecular flexibility index (Phi) is 5.56. The minimum Gasteiger partial charge on any atom is -0.481 e. The molecule has 21 heavy (non-hydrogen) atoms. The van der Waals surface area contributed by atoms with Gasteiger partial charge in [0.2, 0.25) is 5.91 Å². The molecule has 0 aromatic carbocycles. The maximum absolute atomic E-state index is 12.5. The van der Waals surface area contributed by atoms with Crippen molar-refractivity contribution in [3.05, 3.63) is 0 Å². The number of carbonyl (C=O) groups excluding carboxylic acids is 1. The van der Waals surface area contributed by atoms with Crippen LogP contribution < -0.4 is 5.32 Å². The Hall–Kier alpha value is -1.80. The molecular weight excluding hydrogens is 295 g/mol. The molecule has 1 rings (SSSR count). The Morgan fingerprint density at radius 3 is 2.00 bits per heavy atom. The first-order valence-electron chi connectivity index (χ1n) is 6.43. The number of aliphatic carboxylic acids is 2. The van der Waals surface area contributed by atoms with Gasteiger partial charge in [-0.05, 0) is 25.7 Å². The van der Waals surface area contributed by atoms with Gasteiger partial charge in [0.1, 0.15) is 6.04 Å². The molecule has 9 heteroatoms. The Morgan fingerprint density at radius 1 is 1.10 bits per heavy atom. The Morgan fingerprint density at radius 2 is 1.62 bits per heavy atom. The summed E-state index contributed by atoms with van der Waals surface area (Å²) in [5, 5.41) is 19.4. The number of alkyl halides is 3. The molecule has 0 radical (unpaired) electrons. The predicted octanol–water partition coefficient (Wildman–Crippen LogP) is 1.40. The molecule has 0 saturated heterocycles. The number of amides is 1. The molecule has 6 nitrogen and oxygen atoms in total. The third-order valence-electron chi connectivity index (χ3n) is 3.55. The molecule has 0 spiro atoms. The average Bonchev–Trinajstić information content (AvgIpc) is 2.36. The molecule has 1 saturated carbocycles. The van der Waals surface area contributed by atoms with Crippen LogP contribution in [0.4, 0.5) is 13.2 Å². The predicted molar refractivity (Wildman–Crippen MR) is 63.3 cm³/mol. The zero-order chi connectivity index (χ0) is 16.2. The lowest BCUT2D eigenvalue weighted by atomic mass is 9.81. The van der Waals surface area contributed by atoms with Crippen LogP contribution in [0, 0.1) is 11.8 Å². The molecule has 0 aromatic heterocycles. The Labute approximate surface area is 118 Å². The maximum Gasteiger partial charge on any atom is 0.391 e. The fourth-order valence-electron chi connectivity index (χ4n) is 2.35. The highest BCUT2D eigenvalue weighted by Gasteiger charge is 2.42. The first-order chi connectivity index (χ1) is 9.61. The minimum atomic E-state index is -4.28. The van der Waals surface area contributed by atoms with Gasteiger partial charge in [0.25, 0.3) is 0 Å². The standard InChI is InChI=1S/C12H16F3NO5/c13-12(14,15)7-3-1-6(2-4-7)10(19)16-8(11(20)21)5-9(17)18/h6-8H,1-5H2,(H,16,19)(H,17,18)(H,20,21)/t6?,7?,8-/m1/s1. The van der Waals surface area contributed by atoms with Crippen molar-refractivity contribution in [3.8, 4) is 0 Å². The van der Waals surface area contributed by atoms with E-state index in [-0.39, 0.29) is 25.7 Å². The first-order valence-corrected chi connectivity index (χ1v) is 6.43. The molecule has 1 atom stereocenters. The lowest BCUT2D eigenvalue weighted by Gasteiger charge is -2.29. The van der Waals surface area contributed by atoms with Crippen molar-refractivity contribution >= 4 is 17.8 Å². The quantitative estimate of drug-likeness (QED) is 0.712. The fourth-order valence-corrected chi connectivity index (χ4v) is 2.35. The number of carboxylic acids is 2. The van der Waals surface area contributed by atoms with Gasteiger partial charge >= 0.3 is 18.1 Å². The molecule has 120 valence electrons. The van der Waals surface area contributed by atoms with E-state index >= 15 is 0 Å². The van der Waals surface area contributed by atoms with Crippen LogP contribution in [0.25, 0.3) is 0 Å². The van der Waals surface area contributed by atoms with E-state index in [0.717, 1.165) is 0 Å². The Bertz CT molecular complexity index is 416. The summed E-state index contributed by atoms with van der Waals surface area (Å²) in [5.41, 5.74) is 0. The van der Waals surface area contributed by atoms with Crippen LogP contribution in [0.5, 0.6) is 0 Å². The minimum absolute atomic E-state index is 0.00935. The van der Waals surface area contributed by atoms with Crippen LogP contribution in [0.2, 0.25) is 0 Å². The third kappa shape index (κ3) is 5.24. The lowest BCUT2D eigenvalue weighted by Crippen LogP contribution is -2.45. The summed E-state index contributed by atoms with van der Waals surface area (Å²) in [6, 6.07) is -1.57. The van der Waals surface area contributed by atoms with Crippen molar-refractivity contribution in [2.45, 2.75) is 44.3 Å². The molecule has 0 unspecified atom stereocenters. The number of hydrogen-bond acceptors (Lipinski definition) is 3. The molecular formula is C12H16F3NO5. The average molecular weight is 311 g/mol. The van der Waals surface area contributed by atoms with E-state index in [2.05, 4.69) is 5.32 Å². The van der Waals surface area contributed by atoms with Gasteiger partial charge in [0.15, 0.2) is 0 Å². The van der Waals surface area contributed by atoms with E-state index in [0.29, 0.717) is 0 Å². The van der Waals surface area contributed by atoms with Gasteiger partial charge in [0.05, 0.1) is 12.3 Å². The molecule has 1 aliphatic carbocycles. The summed E-state index contributed by atoms with van der Waals surface area (Å²) in [7, 11) is 0. The molecule has 1 aliphatic rings. The summed E-state index contributed by atoms with van der Waals surface area (Å²) in [6.07, 6.45) is -5.41. The highest BCUT2D eigenvalue weighted by Crippen LogP contribution is 2.39. The van der Waals surface area contributed by atoms with Crippen LogP contribution in [0.1, 0.15) is 32.1 Å². The van der Waals surface area contributed by atoms with Crippen molar-refractivity contribution in [2.75, 3.05) is 0 Å². The second kappa shape index (κ2) is 6.77. The Balaban J connectivity index is 2.53. The zero-order valence-corrected chi connectivity index (χ0v) is 11.0. The van der Waals surface area contributed by atoms with E-state index in [1.165, 1.54) is 0 Å². The molecule has 1 amide bonds. The second-order valence-electron chi connectivity index (χ2n) is 5.09. The van der Waals surface area contributed by atoms with E-state index < -0.39 is 48.3 Å². The monoisotopic (exact) mass is 311 g/mol. The van der Waals surface area contributed by atoms with E-state index in [9.17, 15) is 27.6 Å². The van der Waals surface area contributed by atoms with Gasteiger partial charge < -0.3 is 15.5 Å². The number of rotatable bonds is 5. The molecule has 0 aromatic rings. The molecule has 0 heterocycles. The number of carbonyl (C=O) groups is 3. The number of hydrogen-bond donors (Lipinski definition) is 3. The largest absolute Gasteiger partial charge is 0.481 e. The second-order valence-corrected chi connectivity index (χ2v) is 5.09. The van der Waals surface area contributed by atoms with Crippen molar-refractivity contribution in [2.24, 2.45) is 11.8 Å². The topological polar surface area (TPSA) is 104 Å². The van der Waals surface area contributed by atoms with Crippen molar-refractivity contribution < 1.29 is 37.8 Å². The summed E-state index contributed by atoms with van der Waals surface area (Å²) in [6.45, 7) is 0. The maximum atomic E-state index is 12.5. The highest BCUT2D eigenvalue weighted by molar-refractivity contribution is 5.87. The third-order valence-corrected chi connectivity index (χ3v) is 3.55. The van der Waals surface area contributed by atoms with Crippen molar-refractivity contribution in [3.63, 3.8) is 0 Å². The molecule has 0 bridgehead atoms. The van der Waals surface area contributed by atoms with Gasteiger partial charge in [-0.1, -0.05) is 0 Å². The van der Waals surface area contributed by atoms with Crippen LogP contribution in [-0.2, 0) is 14.4 Å². The number of halogens is 3. The normalized spacial score (nSPS) is 24.1. The van der Waals surface area contributed by atoms with Gasteiger partial charge in [-0.15, -0.1) is 0 Å². The molecule has 0 aliphatic heterocycles. The van der Waals surface area contributed by atoms with E-state index in [4.69, 9.17) is 10.2 Å². The smallest absolute Gasteiger partial charge is 0.391 e. The van der Waals surface area contributed by atoms with E-state index in [1.54, 1.807) is 0 Å². The number of nitrogens with one attached hydrogen (secondary N) is 1. The van der Waals surface area contributed by atoms with Gasteiger partial charge in [-0.2, -0.15) is 13.2 Å². The van der Waals surface area contributed by atoms with Gasteiger partial charge in [-0.3, -0.25) is 9.59 Å². The summed E-state index contributed by atoms with van der Waals surface area (Å²) >= 11 is 0. The summed E-state index contributed by atoms with van der Waals surface area (Å²) in [4.78, 5) is 33.1. The molecule has 3 N–H and O–H groups in total. The van der Waals surface area contributed by atoms with Crippen LogP contribution in [0.3, 0.4) is 0 Å². The van der Waals surface area contributed by atoms with Crippen molar-refractivity contribution in [1.29, 1.82) is 0 Å². The summed E-state index contributed by atoms with van der Waals surface area (Å²) < 4.78 is 37.5. The van der Waals surface area contributed by atoms with E-state index in [1.807, 2.05) is 0 Å². The number of carboxylic acid groups (broad SMARTS) is 2. The van der Waals surface area contributed by atoms with Crippen LogP contribution >= 0.6 is 0 Å². The SMILES string of the molecule is O=C(O)C[C@@H](NC(=O)C1CCC(C(F)(F)F)CC1)C(=O)O. The van der Waals surface area contributed by atoms with Crippen LogP contribution in [0.15, 0.2) is 0 Å². The van der Waals surface area contributed by atoms with Crippen molar-refractivity contribution in [1.82, 2.24) is 5.32 Å². The summed E-state index contributed by atoms with van der Waals surface area (Å²) in [5.74, 6) is -5.72. The zero-order valence-electron chi connectivity index (χ0n) is 11.0. The lowest BCUT2D eigenvalue weighted by molar-refractivity contribution is -0.184. The highest BCUT2D eigenvalue weighted by atomic mass is 19.4. The van der Waals surface area contributed by atoms with Gasteiger partial charge in [-0.25, -0.2) is 4.79 Å².